The second kappa shape index (κ2) is 6.60. The second-order valence-corrected chi connectivity index (χ2v) is 2.35. The molecule has 0 aliphatic rings. The quantitative estimate of drug-likeness (QED) is 0.591. The molecule has 0 saturated carbocycles. The number of pyridine rings is 1. The van der Waals surface area contributed by atoms with Gasteiger partial charge in [0.05, 0.1) is 7.11 Å². The van der Waals surface area contributed by atoms with Crippen molar-refractivity contribution in [1.82, 2.24) is 4.98 Å². The minimum atomic E-state index is -0.250. The van der Waals surface area contributed by atoms with Crippen molar-refractivity contribution in [2.24, 2.45) is 0 Å². The standard InChI is InChI=1S/C6H6BrNO.CH2O2/c1-9-5-3-2-4-8-6(5)7;2-1-3/h2-4H,1H3;1H,(H,2,3). The first-order valence-electron chi connectivity index (χ1n) is 2.98. The summed E-state index contributed by atoms with van der Waals surface area (Å²) in [6.07, 6.45) is 1.70. The average molecular weight is 234 g/mol. The van der Waals surface area contributed by atoms with Crippen LogP contribution in [0.1, 0.15) is 0 Å². The molecule has 4 nitrogen and oxygen atoms in total. The van der Waals surface area contributed by atoms with E-state index in [1.54, 1.807) is 13.3 Å². The van der Waals surface area contributed by atoms with Crippen LogP contribution in [0.15, 0.2) is 22.9 Å². The van der Waals surface area contributed by atoms with Crippen LogP contribution in [0.2, 0.25) is 0 Å². The van der Waals surface area contributed by atoms with Crippen LogP contribution in [-0.4, -0.2) is 23.7 Å². The van der Waals surface area contributed by atoms with Gasteiger partial charge in [-0.25, -0.2) is 4.98 Å². The summed E-state index contributed by atoms with van der Waals surface area (Å²) in [6, 6.07) is 3.67. The van der Waals surface area contributed by atoms with Gasteiger partial charge in [-0.2, -0.15) is 0 Å². The molecule has 1 aromatic heterocycles. The van der Waals surface area contributed by atoms with E-state index in [1.165, 1.54) is 0 Å². The fraction of sp³-hybridized carbons (Fsp3) is 0.143. The minimum absolute atomic E-state index is 0.250. The molecule has 0 bridgehead atoms. The van der Waals surface area contributed by atoms with Crippen molar-refractivity contribution in [3.63, 3.8) is 0 Å². The van der Waals surface area contributed by atoms with Crippen LogP contribution in [0, 0.1) is 0 Å². The van der Waals surface area contributed by atoms with E-state index >= 15 is 0 Å². The van der Waals surface area contributed by atoms with E-state index < -0.39 is 0 Å². The molecular weight excluding hydrogens is 226 g/mol. The Bertz CT molecular complexity index is 242. The van der Waals surface area contributed by atoms with Gasteiger partial charge in [-0.05, 0) is 28.1 Å². The topological polar surface area (TPSA) is 59.4 Å². The fourth-order valence-corrected chi connectivity index (χ4v) is 0.936. The molecule has 0 saturated heterocycles. The van der Waals surface area contributed by atoms with E-state index in [0.29, 0.717) is 0 Å². The Morgan fingerprint density at radius 1 is 1.75 bits per heavy atom. The predicted molar refractivity (Wildman–Crippen MR) is 47.2 cm³/mol. The highest BCUT2D eigenvalue weighted by Crippen LogP contribution is 2.19. The molecule has 5 heteroatoms. The lowest BCUT2D eigenvalue weighted by molar-refractivity contribution is -0.122. The van der Waals surface area contributed by atoms with Crippen LogP contribution in [0.5, 0.6) is 5.75 Å². The number of ether oxygens (including phenoxy) is 1. The molecule has 0 fully saturated rings. The van der Waals surface area contributed by atoms with Crippen LogP contribution in [0.4, 0.5) is 0 Å². The molecule has 0 unspecified atom stereocenters. The highest BCUT2D eigenvalue weighted by atomic mass is 79.9. The van der Waals surface area contributed by atoms with Gasteiger partial charge in [0.15, 0.2) is 5.75 Å². The number of halogens is 1. The Balaban J connectivity index is 0.000000354. The maximum Gasteiger partial charge on any atom is 0.290 e. The van der Waals surface area contributed by atoms with Crippen molar-refractivity contribution in [2.75, 3.05) is 7.11 Å². The Kier molecular flexibility index (Phi) is 6.00. The van der Waals surface area contributed by atoms with Crippen molar-refractivity contribution < 1.29 is 14.6 Å². The molecule has 1 rings (SSSR count). The average Bonchev–Trinajstić information content (AvgIpc) is 2.07. The normalized spacial score (nSPS) is 7.83. The lowest BCUT2D eigenvalue weighted by atomic mass is 10.5. The summed E-state index contributed by atoms with van der Waals surface area (Å²) in [5.74, 6) is 0.762. The van der Waals surface area contributed by atoms with Gasteiger partial charge in [-0.1, -0.05) is 0 Å². The van der Waals surface area contributed by atoms with Crippen molar-refractivity contribution in [3.8, 4) is 5.75 Å². The largest absolute Gasteiger partial charge is 0.494 e. The molecule has 0 amide bonds. The van der Waals surface area contributed by atoms with E-state index in [0.717, 1.165) is 10.4 Å². The zero-order valence-corrected chi connectivity index (χ0v) is 7.98. The van der Waals surface area contributed by atoms with Gasteiger partial charge in [-0.15, -0.1) is 0 Å². The zero-order valence-electron chi connectivity index (χ0n) is 6.40. The Labute approximate surface area is 78.3 Å². The lowest BCUT2D eigenvalue weighted by Gasteiger charge is -1.98. The van der Waals surface area contributed by atoms with Gasteiger partial charge >= 0.3 is 0 Å². The first-order valence-corrected chi connectivity index (χ1v) is 3.78. The molecule has 1 aromatic rings. The number of nitrogens with zero attached hydrogens (tertiary/aromatic N) is 1. The third kappa shape index (κ3) is 3.92. The van der Waals surface area contributed by atoms with Crippen LogP contribution >= 0.6 is 15.9 Å². The Morgan fingerprint density at radius 3 is 2.67 bits per heavy atom. The smallest absolute Gasteiger partial charge is 0.290 e. The van der Waals surface area contributed by atoms with Gasteiger partial charge < -0.3 is 9.84 Å². The molecule has 0 aliphatic carbocycles. The molecule has 0 aliphatic heterocycles. The van der Waals surface area contributed by atoms with Crippen molar-refractivity contribution >= 4 is 22.4 Å². The number of aromatic nitrogens is 1. The number of carbonyl (C=O) groups is 1. The summed E-state index contributed by atoms with van der Waals surface area (Å²) >= 11 is 3.22. The predicted octanol–water partition coefficient (Wildman–Crippen LogP) is 1.55. The summed E-state index contributed by atoms with van der Waals surface area (Å²) in [5.41, 5.74) is 0. The Hall–Kier alpha value is -1.10. The van der Waals surface area contributed by atoms with Crippen molar-refractivity contribution in [3.05, 3.63) is 22.9 Å². The summed E-state index contributed by atoms with van der Waals surface area (Å²) < 4.78 is 5.68. The number of carboxylic acid groups (broad SMARTS) is 1. The fourth-order valence-electron chi connectivity index (χ4n) is 0.524. The summed E-state index contributed by atoms with van der Waals surface area (Å²) in [6.45, 7) is -0.250. The molecule has 0 radical (unpaired) electrons. The van der Waals surface area contributed by atoms with Crippen molar-refractivity contribution in [1.29, 1.82) is 0 Å². The summed E-state index contributed by atoms with van der Waals surface area (Å²) in [4.78, 5) is 12.3. The van der Waals surface area contributed by atoms with Crippen LogP contribution in [0.3, 0.4) is 0 Å². The SMILES string of the molecule is COc1cccnc1Br.O=CO. The highest BCUT2D eigenvalue weighted by molar-refractivity contribution is 9.10. The first-order chi connectivity index (χ1) is 5.76. The molecule has 0 atom stereocenters. The molecule has 0 aromatic carbocycles. The maximum atomic E-state index is 8.36. The number of hydrogen-bond donors (Lipinski definition) is 1. The van der Waals surface area contributed by atoms with E-state index in [-0.39, 0.29) is 6.47 Å². The second-order valence-electron chi connectivity index (χ2n) is 1.60. The van der Waals surface area contributed by atoms with Gasteiger partial charge in [0.2, 0.25) is 0 Å². The molecule has 1 heterocycles. The highest BCUT2D eigenvalue weighted by Gasteiger charge is 1.94. The summed E-state index contributed by atoms with van der Waals surface area (Å²) in [7, 11) is 1.61. The summed E-state index contributed by atoms with van der Waals surface area (Å²) in [5, 5.41) is 6.89. The lowest BCUT2D eigenvalue weighted by Crippen LogP contribution is -1.84. The maximum absolute atomic E-state index is 8.36. The van der Waals surface area contributed by atoms with E-state index in [4.69, 9.17) is 14.6 Å². The number of hydrogen-bond acceptors (Lipinski definition) is 3. The molecule has 66 valence electrons. The van der Waals surface area contributed by atoms with Gasteiger partial charge in [0.1, 0.15) is 4.60 Å². The molecule has 1 N–H and O–H groups in total. The zero-order chi connectivity index (χ0) is 9.40. The van der Waals surface area contributed by atoms with Crippen molar-refractivity contribution in [2.45, 2.75) is 0 Å². The number of rotatable bonds is 1. The van der Waals surface area contributed by atoms with Gasteiger partial charge in [0, 0.05) is 6.20 Å². The van der Waals surface area contributed by atoms with Gasteiger partial charge in [0.25, 0.3) is 6.47 Å². The van der Waals surface area contributed by atoms with E-state index in [9.17, 15) is 0 Å². The van der Waals surface area contributed by atoms with E-state index in [2.05, 4.69) is 20.9 Å². The van der Waals surface area contributed by atoms with Crippen LogP contribution < -0.4 is 4.74 Å². The molecule has 12 heavy (non-hydrogen) atoms. The molecular formula is C7H8BrNO3. The first kappa shape index (κ1) is 10.9. The molecule has 0 spiro atoms. The van der Waals surface area contributed by atoms with Crippen LogP contribution in [0.25, 0.3) is 0 Å². The minimum Gasteiger partial charge on any atom is -0.494 e. The third-order valence-electron chi connectivity index (χ3n) is 0.945. The number of methoxy groups -OCH3 is 1. The third-order valence-corrected chi connectivity index (χ3v) is 1.54. The Morgan fingerprint density at radius 2 is 2.33 bits per heavy atom. The monoisotopic (exact) mass is 233 g/mol. The van der Waals surface area contributed by atoms with Crippen LogP contribution in [-0.2, 0) is 4.79 Å². The van der Waals surface area contributed by atoms with Gasteiger partial charge in [-0.3, -0.25) is 4.79 Å². The van der Waals surface area contributed by atoms with E-state index in [1.807, 2.05) is 12.1 Å².